The number of aromatic nitrogens is 4. The Morgan fingerprint density at radius 1 is 1.22 bits per heavy atom. The number of nitriles is 1. The van der Waals surface area contributed by atoms with Gasteiger partial charge in [0.05, 0.1) is 17.3 Å². The van der Waals surface area contributed by atoms with Crippen LogP contribution in [-0.4, -0.2) is 19.6 Å². The molecule has 0 radical (unpaired) electrons. The minimum absolute atomic E-state index is 0.356. The smallest absolute Gasteiger partial charge is 0.199 e. The molecule has 5 nitrogen and oxygen atoms in total. The van der Waals surface area contributed by atoms with Gasteiger partial charge in [0, 0.05) is 11.6 Å². The topological polar surface area (TPSA) is 66.9 Å². The highest BCUT2D eigenvalue weighted by atomic mass is 35.5. The summed E-state index contributed by atoms with van der Waals surface area (Å²) in [6.45, 7) is 0. The van der Waals surface area contributed by atoms with Crippen LogP contribution in [0.2, 0.25) is 5.15 Å². The molecular formula is C12H6ClN5. The van der Waals surface area contributed by atoms with E-state index in [4.69, 9.17) is 16.9 Å². The van der Waals surface area contributed by atoms with E-state index in [0.29, 0.717) is 16.5 Å². The number of fused-ring (bicyclic) bond motifs is 1. The Bertz CT molecular complexity index is 754. The summed E-state index contributed by atoms with van der Waals surface area (Å²) >= 11 is 5.94. The summed E-state index contributed by atoms with van der Waals surface area (Å²) in [6, 6.07) is 11.0. The maximum Gasteiger partial charge on any atom is 0.254 e. The average Bonchev–Trinajstić information content (AvgIpc) is 2.86. The van der Waals surface area contributed by atoms with Crippen molar-refractivity contribution >= 4 is 17.4 Å². The Morgan fingerprint density at radius 2 is 2.00 bits per heavy atom. The third-order valence-corrected chi connectivity index (χ3v) is 2.72. The molecule has 0 saturated carbocycles. The van der Waals surface area contributed by atoms with Crippen LogP contribution in [0.4, 0.5) is 0 Å². The Morgan fingerprint density at radius 3 is 2.72 bits per heavy atom. The van der Waals surface area contributed by atoms with Gasteiger partial charge in [0.25, 0.3) is 5.78 Å². The summed E-state index contributed by atoms with van der Waals surface area (Å²) in [5.74, 6) is 0.446. The lowest BCUT2D eigenvalue weighted by molar-refractivity contribution is 0.948. The van der Waals surface area contributed by atoms with E-state index in [1.165, 1.54) is 6.33 Å². The van der Waals surface area contributed by atoms with E-state index in [2.05, 4.69) is 21.1 Å². The quantitative estimate of drug-likeness (QED) is 0.626. The van der Waals surface area contributed by atoms with E-state index in [0.717, 1.165) is 11.3 Å². The number of rotatable bonds is 1. The lowest BCUT2D eigenvalue weighted by atomic mass is 10.1. The van der Waals surface area contributed by atoms with Gasteiger partial charge in [-0.25, -0.2) is 0 Å². The van der Waals surface area contributed by atoms with E-state index < -0.39 is 0 Å². The molecule has 0 aliphatic carbocycles. The van der Waals surface area contributed by atoms with Gasteiger partial charge in [-0.3, -0.25) is 0 Å². The summed E-state index contributed by atoms with van der Waals surface area (Å²) < 4.78 is 1.60. The number of hydrogen-bond donors (Lipinski definition) is 0. The molecule has 1 aromatic carbocycles. The van der Waals surface area contributed by atoms with Crippen molar-refractivity contribution < 1.29 is 0 Å². The van der Waals surface area contributed by atoms with E-state index in [9.17, 15) is 0 Å². The molecular weight excluding hydrogens is 250 g/mol. The highest BCUT2D eigenvalue weighted by molar-refractivity contribution is 6.29. The molecule has 86 valence electrons. The molecule has 0 atom stereocenters. The van der Waals surface area contributed by atoms with Crippen LogP contribution in [0, 0.1) is 11.3 Å². The van der Waals surface area contributed by atoms with Crippen molar-refractivity contribution in [3.05, 3.63) is 47.4 Å². The molecule has 0 spiro atoms. The predicted molar refractivity (Wildman–Crippen MR) is 65.9 cm³/mol. The van der Waals surface area contributed by atoms with Gasteiger partial charge in [-0.2, -0.15) is 24.8 Å². The number of nitrogens with zero attached hydrogens (tertiary/aromatic N) is 5. The average molecular weight is 256 g/mol. The van der Waals surface area contributed by atoms with Gasteiger partial charge in [-0.05, 0) is 12.1 Å². The number of hydrogen-bond acceptors (Lipinski definition) is 4. The summed E-state index contributed by atoms with van der Waals surface area (Å²) in [7, 11) is 0. The third kappa shape index (κ3) is 1.69. The lowest BCUT2D eigenvalue weighted by Gasteiger charge is -2.04. The first kappa shape index (κ1) is 10.7. The zero-order chi connectivity index (χ0) is 12.5. The minimum Gasteiger partial charge on any atom is -0.199 e. The SMILES string of the molecule is N#Cc1ccc(-c2cc(Cl)nc3ncnn23)cc1. The van der Waals surface area contributed by atoms with Crippen LogP contribution in [0.5, 0.6) is 0 Å². The Labute approximate surface area is 107 Å². The first-order valence-electron chi connectivity index (χ1n) is 5.15. The molecule has 3 rings (SSSR count). The maximum absolute atomic E-state index is 8.77. The van der Waals surface area contributed by atoms with Gasteiger partial charge in [-0.15, -0.1) is 0 Å². The Balaban J connectivity index is 2.24. The van der Waals surface area contributed by atoms with Crippen molar-refractivity contribution in [2.45, 2.75) is 0 Å². The lowest BCUT2D eigenvalue weighted by Crippen LogP contribution is -1.96. The standard InChI is InChI=1S/C12H6ClN5/c13-11-5-10(18-12(17-11)15-7-16-18)9-3-1-8(6-14)2-4-9/h1-5,7H. The van der Waals surface area contributed by atoms with Gasteiger partial charge < -0.3 is 0 Å². The van der Waals surface area contributed by atoms with E-state index >= 15 is 0 Å². The van der Waals surface area contributed by atoms with Crippen LogP contribution in [0.15, 0.2) is 36.7 Å². The second kappa shape index (κ2) is 4.09. The van der Waals surface area contributed by atoms with E-state index in [1.807, 2.05) is 12.1 Å². The minimum atomic E-state index is 0.356. The first-order chi connectivity index (χ1) is 8.78. The van der Waals surface area contributed by atoms with Crippen LogP contribution >= 0.6 is 11.6 Å². The van der Waals surface area contributed by atoms with Crippen LogP contribution in [0.1, 0.15) is 5.56 Å². The molecule has 0 fully saturated rings. The summed E-state index contributed by atoms with van der Waals surface area (Å²) in [5.41, 5.74) is 2.29. The van der Waals surface area contributed by atoms with Crippen molar-refractivity contribution in [2.75, 3.05) is 0 Å². The molecule has 0 aliphatic heterocycles. The van der Waals surface area contributed by atoms with Gasteiger partial charge in [-0.1, -0.05) is 23.7 Å². The molecule has 0 bridgehead atoms. The second-order valence-electron chi connectivity index (χ2n) is 3.63. The molecule has 2 aromatic heterocycles. The maximum atomic E-state index is 8.77. The van der Waals surface area contributed by atoms with Crippen molar-refractivity contribution in [3.8, 4) is 17.3 Å². The Kier molecular flexibility index (Phi) is 2.43. The van der Waals surface area contributed by atoms with Gasteiger partial charge in [0.1, 0.15) is 11.5 Å². The molecule has 2 heterocycles. The summed E-state index contributed by atoms with van der Waals surface area (Å²) in [4.78, 5) is 8.06. The van der Waals surface area contributed by atoms with Crippen LogP contribution in [0.25, 0.3) is 17.0 Å². The monoisotopic (exact) mass is 255 g/mol. The fourth-order valence-electron chi connectivity index (χ4n) is 1.70. The van der Waals surface area contributed by atoms with E-state index in [1.54, 1.807) is 22.7 Å². The number of benzene rings is 1. The van der Waals surface area contributed by atoms with Gasteiger partial charge in [0.2, 0.25) is 0 Å². The van der Waals surface area contributed by atoms with E-state index in [-0.39, 0.29) is 0 Å². The highest BCUT2D eigenvalue weighted by Crippen LogP contribution is 2.22. The zero-order valence-electron chi connectivity index (χ0n) is 9.08. The van der Waals surface area contributed by atoms with Crippen molar-refractivity contribution in [1.82, 2.24) is 19.6 Å². The fraction of sp³-hybridized carbons (Fsp3) is 0. The fourth-order valence-corrected chi connectivity index (χ4v) is 1.88. The van der Waals surface area contributed by atoms with Crippen LogP contribution in [0.3, 0.4) is 0 Å². The molecule has 0 saturated heterocycles. The molecule has 0 unspecified atom stereocenters. The summed E-state index contributed by atoms with van der Waals surface area (Å²) in [5, 5.41) is 13.2. The number of halogens is 1. The molecule has 0 aliphatic rings. The zero-order valence-corrected chi connectivity index (χ0v) is 9.83. The molecule has 6 heteroatoms. The van der Waals surface area contributed by atoms with Gasteiger partial charge in [0.15, 0.2) is 0 Å². The van der Waals surface area contributed by atoms with Crippen molar-refractivity contribution in [2.24, 2.45) is 0 Å². The predicted octanol–water partition coefficient (Wildman–Crippen LogP) is 2.32. The van der Waals surface area contributed by atoms with Crippen LogP contribution in [-0.2, 0) is 0 Å². The van der Waals surface area contributed by atoms with Gasteiger partial charge >= 0.3 is 0 Å². The molecule has 0 amide bonds. The van der Waals surface area contributed by atoms with Crippen LogP contribution < -0.4 is 0 Å². The summed E-state index contributed by atoms with van der Waals surface area (Å²) in [6.07, 6.45) is 1.42. The first-order valence-corrected chi connectivity index (χ1v) is 5.52. The van der Waals surface area contributed by atoms with Crippen molar-refractivity contribution in [3.63, 3.8) is 0 Å². The largest absolute Gasteiger partial charge is 0.254 e. The second-order valence-corrected chi connectivity index (χ2v) is 4.01. The Hall–Kier alpha value is -2.45. The van der Waals surface area contributed by atoms with Crippen molar-refractivity contribution in [1.29, 1.82) is 5.26 Å². The molecule has 3 aromatic rings. The highest BCUT2D eigenvalue weighted by Gasteiger charge is 2.08. The molecule has 18 heavy (non-hydrogen) atoms. The molecule has 0 N–H and O–H groups in total. The normalized spacial score (nSPS) is 10.4. The third-order valence-electron chi connectivity index (χ3n) is 2.53.